The Hall–Kier alpha value is -3.45. The van der Waals surface area contributed by atoms with Gasteiger partial charge in [-0.25, -0.2) is 14.2 Å². The topological polar surface area (TPSA) is 77.5 Å². The molecular weight excluding hydrogens is 411 g/mol. The number of ether oxygens (including phenoxy) is 1. The molecule has 0 bridgehead atoms. The van der Waals surface area contributed by atoms with Gasteiger partial charge in [-0.05, 0) is 56.2 Å². The second-order valence-corrected chi connectivity index (χ2v) is 7.78. The first-order valence-electron chi connectivity index (χ1n) is 10.5. The minimum Gasteiger partial charge on any atom is -0.479 e. The summed E-state index contributed by atoms with van der Waals surface area (Å²) in [4.78, 5) is 16.0. The van der Waals surface area contributed by atoms with Gasteiger partial charge >= 0.3 is 5.97 Å². The maximum atomic E-state index is 14.1. The van der Waals surface area contributed by atoms with Crippen molar-refractivity contribution in [2.75, 3.05) is 6.61 Å². The van der Waals surface area contributed by atoms with E-state index in [9.17, 15) is 14.3 Å². The highest BCUT2D eigenvalue weighted by atomic mass is 19.1. The van der Waals surface area contributed by atoms with Gasteiger partial charge in [-0.1, -0.05) is 18.2 Å². The second-order valence-electron chi connectivity index (χ2n) is 7.78. The fourth-order valence-corrected chi connectivity index (χ4v) is 3.90. The van der Waals surface area contributed by atoms with Crippen molar-refractivity contribution in [2.45, 2.75) is 39.8 Å². The predicted molar refractivity (Wildman–Crippen MR) is 119 cm³/mol. The summed E-state index contributed by atoms with van der Waals surface area (Å²) >= 11 is 0. The number of halogens is 1. The standard InChI is InChI=1S/C25H25FN2O4/c1-4-31-23(25(29)30)12-17-9-10-22-19(11-17)15(2)13-28(22)14-21-16(3)32-24(27-21)18-7-5-6-8-20(18)26/h5-11,13,23H,4,12,14H2,1-3H3,(H,29,30). The Kier molecular flexibility index (Phi) is 6.10. The number of oxazole rings is 1. The number of aromatic nitrogens is 2. The summed E-state index contributed by atoms with van der Waals surface area (Å²) in [6, 6.07) is 12.3. The molecule has 7 heteroatoms. The van der Waals surface area contributed by atoms with Crippen molar-refractivity contribution in [1.82, 2.24) is 9.55 Å². The van der Waals surface area contributed by atoms with Crippen molar-refractivity contribution in [2.24, 2.45) is 0 Å². The van der Waals surface area contributed by atoms with Crippen LogP contribution >= 0.6 is 0 Å². The normalized spacial score (nSPS) is 12.4. The maximum Gasteiger partial charge on any atom is 0.333 e. The zero-order chi connectivity index (χ0) is 22.8. The number of rotatable bonds is 8. The molecule has 0 spiro atoms. The van der Waals surface area contributed by atoms with Gasteiger partial charge in [0.1, 0.15) is 17.3 Å². The molecule has 0 saturated carbocycles. The van der Waals surface area contributed by atoms with Gasteiger partial charge in [0.25, 0.3) is 0 Å². The van der Waals surface area contributed by atoms with Gasteiger partial charge in [-0.15, -0.1) is 0 Å². The minimum atomic E-state index is -0.964. The number of fused-ring (bicyclic) bond motifs is 1. The summed E-state index contributed by atoms with van der Waals surface area (Å²) in [6.07, 6.45) is 1.47. The number of aliphatic carboxylic acids is 1. The third-order valence-corrected chi connectivity index (χ3v) is 5.53. The third kappa shape index (κ3) is 4.29. The highest BCUT2D eigenvalue weighted by Gasteiger charge is 2.19. The predicted octanol–water partition coefficient (Wildman–Crippen LogP) is 5.13. The minimum absolute atomic E-state index is 0.265. The maximum absolute atomic E-state index is 14.1. The van der Waals surface area contributed by atoms with Crippen molar-refractivity contribution >= 4 is 16.9 Å². The van der Waals surface area contributed by atoms with E-state index >= 15 is 0 Å². The van der Waals surface area contributed by atoms with E-state index in [4.69, 9.17) is 9.15 Å². The van der Waals surface area contributed by atoms with Crippen LogP contribution in [0.4, 0.5) is 4.39 Å². The van der Waals surface area contributed by atoms with Gasteiger partial charge in [0.15, 0.2) is 6.10 Å². The first-order valence-corrected chi connectivity index (χ1v) is 10.5. The van der Waals surface area contributed by atoms with Crippen LogP contribution in [0.25, 0.3) is 22.4 Å². The molecule has 2 aromatic heterocycles. The van der Waals surface area contributed by atoms with E-state index in [0.29, 0.717) is 30.9 Å². The molecule has 166 valence electrons. The molecule has 1 atom stereocenters. The van der Waals surface area contributed by atoms with Crippen LogP contribution in [0.3, 0.4) is 0 Å². The zero-order valence-corrected chi connectivity index (χ0v) is 18.3. The van der Waals surface area contributed by atoms with E-state index in [1.807, 2.05) is 38.2 Å². The number of carbonyl (C=O) groups is 1. The Morgan fingerprint density at radius 1 is 1.25 bits per heavy atom. The molecule has 32 heavy (non-hydrogen) atoms. The van der Waals surface area contributed by atoms with E-state index in [1.54, 1.807) is 25.1 Å². The summed E-state index contributed by atoms with van der Waals surface area (Å²) in [7, 11) is 0. The van der Waals surface area contributed by atoms with Gasteiger partial charge in [0.05, 0.1) is 12.1 Å². The first-order chi connectivity index (χ1) is 15.4. The highest BCUT2D eigenvalue weighted by molar-refractivity contribution is 5.85. The molecule has 4 rings (SSSR count). The Bertz CT molecular complexity index is 1270. The average Bonchev–Trinajstić information content (AvgIpc) is 3.27. The summed E-state index contributed by atoms with van der Waals surface area (Å²) in [5, 5.41) is 10.4. The highest BCUT2D eigenvalue weighted by Crippen LogP contribution is 2.27. The molecule has 0 aliphatic heterocycles. The molecule has 1 unspecified atom stereocenters. The molecule has 0 amide bonds. The number of benzene rings is 2. The number of hydrogen-bond acceptors (Lipinski definition) is 4. The summed E-state index contributed by atoms with van der Waals surface area (Å²) < 4.78 is 27.3. The molecular formula is C25H25FN2O4. The van der Waals surface area contributed by atoms with Crippen molar-refractivity contribution < 1.29 is 23.4 Å². The molecule has 2 aromatic carbocycles. The molecule has 2 heterocycles. The number of aryl methyl sites for hydroxylation is 2. The molecule has 0 aliphatic rings. The molecule has 1 N–H and O–H groups in total. The van der Waals surface area contributed by atoms with Crippen LogP contribution in [0.5, 0.6) is 0 Å². The average molecular weight is 436 g/mol. The Labute approximate surface area is 185 Å². The van der Waals surface area contributed by atoms with Crippen LogP contribution in [0.15, 0.2) is 53.1 Å². The van der Waals surface area contributed by atoms with Crippen LogP contribution in [0.2, 0.25) is 0 Å². The molecule has 4 aromatic rings. The van der Waals surface area contributed by atoms with Crippen molar-refractivity contribution in [3.05, 3.63) is 77.1 Å². The van der Waals surface area contributed by atoms with E-state index in [2.05, 4.69) is 9.55 Å². The lowest BCUT2D eigenvalue weighted by atomic mass is 10.0. The number of carboxylic acids is 1. The molecule has 0 radical (unpaired) electrons. The van der Waals surface area contributed by atoms with Crippen LogP contribution in [-0.4, -0.2) is 33.3 Å². The fourth-order valence-electron chi connectivity index (χ4n) is 3.90. The summed E-state index contributed by atoms with van der Waals surface area (Å²) in [5.41, 5.74) is 4.04. The van der Waals surface area contributed by atoms with E-state index in [0.717, 1.165) is 27.7 Å². The largest absolute Gasteiger partial charge is 0.479 e. The molecule has 6 nitrogen and oxygen atoms in total. The van der Waals surface area contributed by atoms with Crippen molar-refractivity contribution in [1.29, 1.82) is 0 Å². The number of nitrogens with zero attached hydrogens (tertiary/aromatic N) is 2. The fraction of sp³-hybridized carbons (Fsp3) is 0.280. The van der Waals surface area contributed by atoms with E-state index in [-0.39, 0.29) is 11.7 Å². The zero-order valence-electron chi connectivity index (χ0n) is 18.3. The number of carboxylic acid groups (broad SMARTS) is 1. The van der Waals surface area contributed by atoms with Crippen LogP contribution in [0, 0.1) is 19.7 Å². The quantitative estimate of drug-likeness (QED) is 0.414. The van der Waals surface area contributed by atoms with Crippen molar-refractivity contribution in [3.63, 3.8) is 0 Å². The lowest BCUT2D eigenvalue weighted by Crippen LogP contribution is -2.26. The third-order valence-electron chi connectivity index (χ3n) is 5.53. The van der Waals surface area contributed by atoms with Gasteiger partial charge in [-0.3, -0.25) is 0 Å². The Balaban J connectivity index is 1.62. The Morgan fingerprint density at radius 3 is 2.75 bits per heavy atom. The molecule has 0 aliphatic carbocycles. The van der Waals surface area contributed by atoms with Gasteiger partial charge in [-0.2, -0.15) is 0 Å². The van der Waals surface area contributed by atoms with Crippen LogP contribution in [0.1, 0.15) is 29.5 Å². The lowest BCUT2D eigenvalue weighted by Gasteiger charge is -2.12. The van der Waals surface area contributed by atoms with Gasteiger partial charge in [0, 0.05) is 30.1 Å². The SMILES string of the molecule is CCOC(Cc1ccc2c(c1)c(C)cn2Cc1nc(-c2ccccc2F)oc1C)C(=O)O. The van der Waals surface area contributed by atoms with Crippen molar-refractivity contribution in [3.8, 4) is 11.5 Å². The van der Waals surface area contributed by atoms with E-state index in [1.165, 1.54) is 6.07 Å². The van der Waals surface area contributed by atoms with Crippen LogP contribution in [-0.2, 0) is 22.5 Å². The first kappa shape index (κ1) is 21.8. The van der Waals surface area contributed by atoms with E-state index < -0.39 is 12.1 Å². The molecule has 0 saturated heterocycles. The smallest absolute Gasteiger partial charge is 0.333 e. The van der Waals surface area contributed by atoms with Gasteiger partial charge in [0.2, 0.25) is 5.89 Å². The number of hydrogen-bond donors (Lipinski definition) is 1. The second kappa shape index (κ2) is 8.96. The van der Waals surface area contributed by atoms with Gasteiger partial charge < -0.3 is 18.8 Å². The molecule has 0 fully saturated rings. The summed E-state index contributed by atoms with van der Waals surface area (Å²) in [6.45, 7) is 6.45. The monoisotopic (exact) mass is 436 g/mol. The summed E-state index contributed by atoms with van der Waals surface area (Å²) in [5.74, 6) is -0.433. The Morgan fingerprint density at radius 2 is 2.03 bits per heavy atom. The lowest BCUT2D eigenvalue weighted by molar-refractivity contribution is -0.149. The van der Waals surface area contributed by atoms with Crippen LogP contribution < -0.4 is 0 Å².